The van der Waals surface area contributed by atoms with Crippen LogP contribution in [-0.4, -0.2) is 31.1 Å². The number of ether oxygens (including phenoxy) is 1. The summed E-state index contributed by atoms with van der Waals surface area (Å²) < 4.78 is 6.02. The third-order valence-corrected chi connectivity index (χ3v) is 7.51. The van der Waals surface area contributed by atoms with Gasteiger partial charge in [-0.15, -0.1) is 11.3 Å². The van der Waals surface area contributed by atoms with Crippen molar-refractivity contribution >= 4 is 23.2 Å². The number of rotatable bonds is 5. The van der Waals surface area contributed by atoms with Gasteiger partial charge in [0, 0.05) is 18.5 Å². The number of nitrogens with one attached hydrogen (secondary N) is 2. The van der Waals surface area contributed by atoms with E-state index in [0.717, 1.165) is 16.7 Å². The summed E-state index contributed by atoms with van der Waals surface area (Å²) in [4.78, 5) is 25.3. The first-order valence-electron chi connectivity index (χ1n) is 9.24. The van der Waals surface area contributed by atoms with Crippen molar-refractivity contribution in [2.24, 2.45) is 23.7 Å². The van der Waals surface area contributed by atoms with Crippen molar-refractivity contribution in [3.8, 4) is 0 Å². The van der Waals surface area contributed by atoms with E-state index < -0.39 is 11.8 Å². The Balaban J connectivity index is 1.34. The summed E-state index contributed by atoms with van der Waals surface area (Å²) in [7, 11) is 1.77. The fourth-order valence-corrected chi connectivity index (χ4v) is 6.28. The average molecular weight is 362 g/mol. The fraction of sp³-hybridized carbons (Fsp3) is 0.684. The lowest BCUT2D eigenvalue weighted by Gasteiger charge is -2.60. The van der Waals surface area contributed by atoms with Crippen LogP contribution in [-0.2, 0) is 20.9 Å². The molecule has 0 aromatic carbocycles. The first kappa shape index (κ1) is 17.0. The van der Waals surface area contributed by atoms with Crippen LogP contribution in [0, 0.1) is 23.7 Å². The third kappa shape index (κ3) is 3.10. The molecule has 136 valence electrons. The molecule has 1 aromatic rings. The maximum atomic E-state index is 12.2. The van der Waals surface area contributed by atoms with E-state index in [4.69, 9.17) is 4.74 Å². The van der Waals surface area contributed by atoms with Crippen LogP contribution in [0.25, 0.3) is 0 Å². The van der Waals surface area contributed by atoms with Crippen molar-refractivity contribution in [3.05, 3.63) is 22.4 Å². The Hall–Kier alpha value is -1.40. The topological polar surface area (TPSA) is 67.4 Å². The summed E-state index contributed by atoms with van der Waals surface area (Å²) in [6.45, 7) is 0.845. The van der Waals surface area contributed by atoms with Gasteiger partial charge in [0.2, 0.25) is 0 Å². The van der Waals surface area contributed by atoms with Gasteiger partial charge in [0.05, 0.1) is 12.1 Å². The van der Waals surface area contributed by atoms with E-state index in [9.17, 15) is 9.59 Å². The Morgan fingerprint density at radius 2 is 1.76 bits per heavy atom. The molecule has 6 heteroatoms. The number of carbonyl (C=O) groups excluding carboxylic acids is 2. The molecular weight excluding hydrogens is 336 g/mol. The molecule has 0 unspecified atom stereocenters. The first-order chi connectivity index (χ1) is 12.1. The standard InChI is InChI=1S/C19H26N2O3S/c1-24-19(14-6-12-5-13(8-14)9-15(19)7-12)11-21-18(23)17(22)20-10-16-3-2-4-25-16/h2-4,12-15H,5-11H2,1H3,(H,20,22)(H,21,23). The molecule has 4 aliphatic carbocycles. The molecule has 1 heterocycles. The highest BCUT2D eigenvalue weighted by Crippen LogP contribution is 2.59. The largest absolute Gasteiger partial charge is 0.376 e. The maximum absolute atomic E-state index is 12.2. The third-order valence-electron chi connectivity index (χ3n) is 6.63. The number of carbonyl (C=O) groups is 2. The number of methoxy groups -OCH3 is 1. The Bertz CT molecular complexity index is 615. The van der Waals surface area contributed by atoms with E-state index in [-0.39, 0.29) is 5.60 Å². The minimum absolute atomic E-state index is 0.281. The lowest BCUT2D eigenvalue weighted by Crippen LogP contribution is -2.63. The molecule has 1 aromatic heterocycles. The van der Waals surface area contributed by atoms with E-state index in [1.807, 2.05) is 17.5 Å². The fourth-order valence-electron chi connectivity index (χ4n) is 5.64. The minimum atomic E-state index is -0.566. The molecule has 0 aliphatic heterocycles. The first-order valence-corrected chi connectivity index (χ1v) is 10.1. The van der Waals surface area contributed by atoms with E-state index in [1.54, 1.807) is 18.4 Å². The van der Waals surface area contributed by atoms with Gasteiger partial charge >= 0.3 is 11.8 Å². The van der Waals surface area contributed by atoms with Gasteiger partial charge in [-0.2, -0.15) is 0 Å². The van der Waals surface area contributed by atoms with Crippen molar-refractivity contribution in [3.63, 3.8) is 0 Å². The van der Waals surface area contributed by atoms with E-state index >= 15 is 0 Å². The summed E-state index contributed by atoms with van der Waals surface area (Å²) in [5.41, 5.74) is -0.281. The summed E-state index contributed by atoms with van der Waals surface area (Å²) in [6, 6.07) is 3.87. The summed E-state index contributed by atoms with van der Waals surface area (Å²) >= 11 is 1.56. The van der Waals surface area contributed by atoms with Crippen molar-refractivity contribution in [2.75, 3.05) is 13.7 Å². The van der Waals surface area contributed by atoms with Crippen LogP contribution in [0.1, 0.15) is 37.0 Å². The molecule has 5 nitrogen and oxygen atoms in total. The summed E-state index contributed by atoms with van der Waals surface area (Å²) in [6.07, 6.45) is 6.22. The highest BCUT2D eigenvalue weighted by molar-refractivity contribution is 7.09. The molecule has 0 spiro atoms. The summed E-state index contributed by atoms with van der Waals surface area (Å²) in [5.74, 6) is 1.60. The average Bonchev–Trinajstić information content (AvgIpc) is 3.12. The zero-order chi connectivity index (χ0) is 17.4. The zero-order valence-corrected chi connectivity index (χ0v) is 15.4. The van der Waals surface area contributed by atoms with Gasteiger partial charge in [-0.05, 0) is 67.2 Å². The number of amides is 2. The molecular formula is C19H26N2O3S. The van der Waals surface area contributed by atoms with Crippen molar-refractivity contribution < 1.29 is 14.3 Å². The van der Waals surface area contributed by atoms with E-state index in [2.05, 4.69) is 10.6 Å². The Labute approximate surface area is 152 Å². The SMILES string of the molecule is COC1(CNC(=O)C(=O)NCc2cccs2)C2CC3CC(C2)CC1C3. The van der Waals surface area contributed by atoms with Gasteiger partial charge in [-0.3, -0.25) is 9.59 Å². The van der Waals surface area contributed by atoms with Gasteiger partial charge in [0.25, 0.3) is 0 Å². The molecule has 4 saturated carbocycles. The lowest BCUT2D eigenvalue weighted by molar-refractivity contribution is -0.188. The molecule has 0 radical (unpaired) electrons. The van der Waals surface area contributed by atoms with Crippen molar-refractivity contribution in [2.45, 2.75) is 44.2 Å². The van der Waals surface area contributed by atoms with Crippen LogP contribution in [0.3, 0.4) is 0 Å². The second-order valence-corrected chi connectivity index (χ2v) is 8.94. The second-order valence-electron chi connectivity index (χ2n) is 7.91. The van der Waals surface area contributed by atoms with E-state index in [0.29, 0.717) is 24.9 Å². The Morgan fingerprint density at radius 3 is 2.32 bits per heavy atom. The van der Waals surface area contributed by atoms with E-state index in [1.165, 1.54) is 32.1 Å². The molecule has 4 fully saturated rings. The van der Waals surface area contributed by atoms with Crippen LogP contribution >= 0.6 is 11.3 Å². The van der Waals surface area contributed by atoms with Crippen LogP contribution in [0.4, 0.5) is 0 Å². The highest BCUT2D eigenvalue weighted by atomic mass is 32.1. The van der Waals surface area contributed by atoms with Crippen LogP contribution in [0.2, 0.25) is 0 Å². The number of thiophene rings is 1. The monoisotopic (exact) mass is 362 g/mol. The normalized spacial score (nSPS) is 35.6. The molecule has 0 atom stereocenters. The molecule has 25 heavy (non-hydrogen) atoms. The smallest absolute Gasteiger partial charge is 0.309 e. The molecule has 5 rings (SSSR count). The van der Waals surface area contributed by atoms with Gasteiger partial charge in [-0.1, -0.05) is 6.07 Å². The zero-order valence-electron chi connectivity index (χ0n) is 14.6. The second kappa shape index (κ2) is 6.72. The predicted molar refractivity (Wildman–Crippen MR) is 96.0 cm³/mol. The van der Waals surface area contributed by atoms with Gasteiger partial charge in [-0.25, -0.2) is 0 Å². The van der Waals surface area contributed by atoms with Crippen molar-refractivity contribution in [1.29, 1.82) is 0 Å². The van der Waals surface area contributed by atoms with Crippen LogP contribution in [0.15, 0.2) is 17.5 Å². The van der Waals surface area contributed by atoms with Crippen LogP contribution < -0.4 is 10.6 Å². The molecule has 2 N–H and O–H groups in total. The van der Waals surface area contributed by atoms with Crippen LogP contribution in [0.5, 0.6) is 0 Å². The van der Waals surface area contributed by atoms with Gasteiger partial charge < -0.3 is 15.4 Å². The predicted octanol–water partition coefficient (Wildman–Crippen LogP) is 2.32. The maximum Gasteiger partial charge on any atom is 0.309 e. The Morgan fingerprint density at radius 1 is 1.12 bits per heavy atom. The quantitative estimate of drug-likeness (QED) is 0.790. The highest BCUT2D eigenvalue weighted by Gasteiger charge is 2.57. The van der Waals surface area contributed by atoms with Crippen molar-refractivity contribution in [1.82, 2.24) is 10.6 Å². The lowest BCUT2D eigenvalue weighted by atomic mass is 9.49. The Kier molecular flexibility index (Phi) is 4.58. The molecule has 4 bridgehead atoms. The molecule has 4 aliphatic rings. The van der Waals surface area contributed by atoms with Gasteiger partial charge in [0.15, 0.2) is 0 Å². The summed E-state index contributed by atoms with van der Waals surface area (Å²) in [5, 5.41) is 7.50. The molecule has 0 saturated heterocycles. The van der Waals surface area contributed by atoms with Gasteiger partial charge in [0.1, 0.15) is 0 Å². The minimum Gasteiger partial charge on any atom is -0.376 e. The number of hydrogen-bond acceptors (Lipinski definition) is 4. The number of hydrogen-bond donors (Lipinski definition) is 2. The molecule has 2 amide bonds.